The van der Waals surface area contributed by atoms with Crippen LogP contribution in [0.15, 0.2) is 0 Å². The predicted molar refractivity (Wildman–Crippen MR) is 123 cm³/mol. The summed E-state index contributed by atoms with van der Waals surface area (Å²) >= 11 is 0. The van der Waals surface area contributed by atoms with E-state index < -0.39 is 31.3 Å². The van der Waals surface area contributed by atoms with Crippen molar-refractivity contribution in [1.82, 2.24) is 0 Å². The molecular weight excluding hydrogens is 721 g/mol. The summed E-state index contributed by atoms with van der Waals surface area (Å²) in [5, 5.41) is 0. The molecule has 0 bridgehead atoms. The molecule has 38 heavy (non-hydrogen) atoms. The second kappa shape index (κ2) is 16.3. The topological polar surface area (TPSA) is 114 Å². The zero-order valence-corrected chi connectivity index (χ0v) is 29.1. The van der Waals surface area contributed by atoms with Crippen LogP contribution in [0.4, 0.5) is 26.3 Å². The van der Waals surface area contributed by atoms with E-state index in [1.807, 2.05) is 0 Å². The average Bonchev–Trinajstić information content (AvgIpc) is 2.96. The van der Waals surface area contributed by atoms with Crippen LogP contribution < -0.4 is 0 Å². The van der Waals surface area contributed by atoms with Crippen molar-refractivity contribution in [3.8, 4) is 0 Å². The minimum absolute atomic E-state index is 0. The molecule has 0 radical (unpaired) electrons. The number of hydrogen-bond acceptors (Lipinski definition) is 6. The monoisotopic (exact) mass is 748 g/mol. The van der Waals surface area contributed by atoms with Gasteiger partial charge in [0.2, 0.25) is 0 Å². The number of hydrogen-bond donors (Lipinski definition) is 0. The van der Waals surface area contributed by atoms with Gasteiger partial charge >= 0.3 is 63.4 Å². The Labute approximate surface area is 259 Å². The summed E-state index contributed by atoms with van der Waals surface area (Å²) in [5.74, 6) is 0. The number of alkyl halides is 6. The molecule has 16 heteroatoms. The zero-order chi connectivity index (χ0) is 29.8. The van der Waals surface area contributed by atoms with Crippen LogP contribution in [0.25, 0.3) is 0 Å². The van der Waals surface area contributed by atoms with Gasteiger partial charge in [-0.25, -0.2) is 16.8 Å². The van der Waals surface area contributed by atoms with Crippen molar-refractivity contribution < 1.29 is 105 Å². The third kappa shape index (κ3) is 13.0. The van der Waals surface area contributed by atoms with Crippen molar-refractivity contribution in [3.05, 3.63) is 55.6 Å². The van der Waals surface area contributed by atoms with Crippen LogP contribution in [0.5, 0.6) is 0 Å². The van der Waals surface area contributed by atoms with Gasteiger partial charge in [-0.15, -0.1) is 0 Å². The zero-order valence-electron chi connectivity index (χ0n) is 22.5. The van der Waals surface area contributed by atoms with E-state index in [2.05, 4.69) is 69.2 Å². The first-order valence-corrected chi connectivity index (χ1v) is 12.9. The van der Waals surface area contributed by atoms with Crippen molar-refractivity contribution in [2.75, 3.05) is 0 Å². The molecule has 0 amide bonds. The summed E-state index contributed by atoms with van der Waals surface area (Å²) in [6.45, 7) is 22.0. The van der Waals surface area contributed by atoms with E-state index in [4.69, 9.17) is 25.9 Å². The fourth-order valence-corrected chi connectivity index (χ4v) is 2.81. The molecule has 212 valence electrons. The molecule has 0 fully saturated rings. The van der Waals surface area contributed by atoms with Crippen molar-refractivity contribution >= 4 is 20.2 Å². The summed E-state index contributed by atoms with van der Waals surface area (Å²) in [6, 6.07) is 0. The van der Waals surface area contributed by atoms with Crippen molar-refractivity contribution in [2.24, 2.45) is 0 Å². The number of rotatable bonds is 0. The van der Waals surface area contributed by atoms with Crippen LogP contribution >= 0.6 is 0 Å². The Kier molecular flexibility index (Phi) is 19.3. The molecule has 0 saturated carbocycles. The Hall–Kier alpha value is -0.134. The van der Waals surface area contributed by atoms with Crippen LogP contribution in [0, 0.1) is 69.2 Å². The maximum atomic E-state index is 10.7. The van der Waals surface area contributed by atoms with E-state index in [1.165, 1.54) is 55.6 Å². The van der Waals surface area contributed by atoms with Gasteiger partial charge in [0.05, 0.1) is 0 Å². The first-order valence-electron chi connectivity index (χ1n) is 10.0. The van der Waals surface area contributed by atoms with E-state index in [1.54, 1.807) is 0 Å². The molecule has 0 saturated heterocycles. The summed E-state index contributed by atoms with van der Waals surface area (Å²) in [6.07, 6.45) is 0. The second-order valence-corrected chi connectivity index (χ2v) is 10.8. The van der Waals surface area contributed by atoms with Crippen LogP contribution in [0.3, 0.4) is 0 Å². The van der Waals surface area contributed by atoms with E-state index in [0.717, 1.165) is 0 Å². The SMILES string of the molecule is Cc1c(C)c(C)[c-](C)c1C.Cc1c(C)c(C)[c-](C)c1C.O=S(=O)([O-])C(F)(F)F.O=S(=O)([O-])C(F)(F)F.[Zr+4].[Zr+4]. The molecule has 0 aliphatic heterocycles. The Bertz CT molecular complexity index is 998. The molecule has 2 aromatic rings. The molecule has 6 nitrogen and oxygen atoms in total. The quantitative estimate of drug-likeness (QED) is 0.142. The first-order chi connectivity index (χ1) is 15.6. The first kappa shape index (κ1) is 44.9. The molecule has 0 aliphatic rings. The minimum Gasteiger partial charge on any atom is -0.741 e. The van der Waals surface area contributed by atoms with Crippen LogP contribution in [-0.4, -0.2) is 37.0 Å². The molecular formula is C22H30F6O6S2Zr2+4. The third-order valence-corrected chi connectivity index (χ3v) is 7.33. The van der Waals surface area contributed by atoms with E-state index in [0.29, 0.717) is 0 Å². The third-order valence-electron chi connectivity index (χ3n) is 6.19. The van der Waals surface area contributed by atoms with Gasteiger partial charge in [-0.1, -0.05) is 69.2 Å². The summed E-state index contributed by atoms with van der Waals surface area (Å²) in [5.41, 5.74) is 3.38. The van der Waals surface area contributed by atoms with E-state index in [-0.39, 0.29) is 52.4 Å². The molecule has 0 unspecified atom stereocenters. The Morgan fingerprint density at radius 1 is 0.500 bits per heavy atom. The van der Waals surface area contributed by atoms with Crippen LogP contribution in [-0.2, 0) is 72.6 Å². The van der Waals surface area contributed by atoms with Gasteiger partial charge < -0.3 is 9.11 Å². The fraction of sp³-hybridized carbons (Fsp3) is 0.545. The molecule has 0 spiro atoms. The average molecular weight is 751 g/mol. The largest absolute Gasteiger partial charge is 4.00 e. The van der Waals surface area contributed by atoms with E-state index >= 15 is 0 Å². The van der Waals surface area contributed by atoms with Gasteiger partial charge in [-0.2, -0.15) is 82.0 Å². The standard InChI is InChI=1S/2C10H15.2CHF3O3S.2Zr/c2*1-6-7(2)9(4)10(5)8(6)3;2*2-1(3,4)8(5,6)7;;/h2*1-5H3;2*(H,5,6,7);;/q2*-1;;;2*+4/p-2. The van der Waals surface area contributed by atoms with Crippen LogP contribution in [0.1, 0.15) is 55.6 Å². The molecule has 0 aromatic heterocycles. The maximum absolute atomic E-state index is 10.7. The Morgan fingerprint density at radius 2 is 0.605 bits per heavy atom. The van der Waals surface area contributed by atoms with Crippen molar-refractivity contribution in [2.45, 2.75) is 80.3 Å². The van der Waals surface area contributed by atoms with Crippen molar-refractivity contribution in [3.63, 3.8) is 0 Å². The Morgan fingerprint density at radius 3 is 0.632 bits per heavy atom. The molecule has 0 atom stereocenters. The van der Waals surface area contributed by atoms with Gasteiger partial charge in [-0.05, 0) is 0 Å². The predicted octanol–water partition coefficient (Wildman–Crippen LogP) is 5.99. The summed E-state index contributed by atoms with van der Waals surface area (Å²) in [7, 11) is -12.2. The second-order valence-electron chi connectivity index (χ2n) is 8.05. The molecule has 2 rings (SSSR count). The van der Waals surface area contributed by atoms with Gasteiger partial charge in [0.1, 0.15) is 0 Å². The van der Waals surface area contributed by atoms with Gasteiger partial charge in [-0.3, -0.25) is 0 Å². The smallest absolute Gasteiger partial charge is 0.741 e. The summed E-state index contributed by atoms with van der Waals surface area (Å²) < 4.78 is 118. The summed E-state index contributed by atoms with van der Waals surface area (Å²) in [4.78, 5) is 0. The van der Waals surface area contributed by atoms with Gasteiger partial charge in [0.15, 0.2) is 20.2 Å². The molecule has 0 aliphatic carbocycles. The maximum Gasteiger partial charge on any atom is 4.00 e. The number of halogens is 6. The molecule has 0 N–H and O–H groups in total. The minimum atomic E-state index is -6.09. The fourth-order valence-electron chi connectivity index (χ4n) is 2.81. The Balaban J connectivity index is -0.000000201. The van der Waals surface area contributed by atoms with Gasteiger partial charge in [0.25, 0.3) is 0 Å². The van der Waals surface area contributed by atoms with E-state index in [9.17, 15) is 26.3 Å². The normalized spacial score (nSPS) is 11.4. The van der Waals surface area contributed by atoms with Crippen molar-refractivity contribution in [1.29, 1.82) is 0 Å². The molecule has 2 aromatic carbocycles. The van der Waals surface area contributed by atoms with Gasteiger partial charge in [0, 0.05) is 0 Å². The molecule has 0 heterocycles. The van der Waals surface area contributed by atoms with Crippen LogP contribution in [0.2, 0.25) is 0 Å².